The van der Waals surface area contributed by atoms with E-state index in [2.05, 4.69) is 22.8 Å². The van der Waals surface area contributed by atoms with Gasteiger partial charge in [-0.1, -0.05) is 11.6 Å². The van der Waals surface area contributed by atoms with Crippen LogP contribution in [-0.4, -0.2) is 24.0 Å². The fourth-order valence-corrected chi connectivity index (χ4v) is 3.88. The summed E-state index contributed by atoms with van der Waals surface area (Å²) in [6.45, 7) is 2.40. The summed E-state index contributed by atoms with van der Waals surface area (Å²) in [5.74, 6) is 0. The molecule has 0 radical (unpaired) electrons. The smallest absolute Gasteiger partial charge is 0.317 e. The lowest BCUT2D eigenvalue weighted by molar-refractivity contribution is 0.193. The van der Waals surface area contributed by atoms with E-state index in [-0.39, 0.29) is 6.03 Å². The topological polar surface area (TPSA) is 32.3 Å². The Labute approximate surface area is 124 Å². The normalized spacial score (nSPS) is 18.4. The number of urea groups is 1. The third kappa shape index (κ3) is 3.23. The molecule has 2 aliphatic rings. The Morgan fingerprint density at radius 2 is 2.30 bits per heavy atom. The number of hydrogen-bond donors (Lipinski definition) is 1. The number of hydrogen-bond acceptors (Lipinski definition) is 2. The summed E-state index contributed by atoms with van der Waals surface area (Å²) >= 11 is 1.81. The van der Waals surface area contributed by atoms with Crippen molar-refractivity contribution in [2.24, 2.45) is 0 Å². The summed E-state index contributed by atoms with van der Waals surface area (Å²) in [5, 5.41) is 5.20. The van der Waals surface area contributed by atoms with Crippen molar-refractivity contribution in [3.63, 3.8) is 0 Å². The second kappa shape index (κ2) is 6.44. The van der Waals surface area contributed by atoms with Crippen LogP contribution in [-0.2, 0) is 13.0 Å². The van der Waals surface area contributed by atoms with E-state index >= 15 is 0 Å². The van der Waals surface area contributed by atoms with Gasteiger partial charge in [-0.15, -0.1) is 11.3 Å². The van der Waals surface area contributed by atoms with Crippen molar-refractivity contribution in [3.8, 4) is 0 Å². The van der Waals surface area contributed by atoms with Crippen LogP contribution in [0, 0.1) is 0 Å². The fourth-order valence-electron chi connectivity index (χ4n) is 3.00. The summed E-state index contributed by atoms with van der Waals surface area (Å²) in [4.78, 5) is 15.6. The predicted molar refractivity (Wildman–Crippen MR) is 83.0 cm³/mol. The van der Waals surface area contributed by atoms with E-state index in [0.29, 0.717) is 0 Å². The monoisotopic (exact) mass is 290 g/mol. The van der Waals surface area contributed by atoms with Gasteiger partial charge in [0, 0.05) is 24.5 Å². The van der Waals surface area contributed by atoms with Crippen LogP contribution in [0.5, 0.6) is 0 Å². The zero-order valence-corrected chi connectivity index (χ0v) is 12.7. The molecule has 3 nitrogen and oxygen atoms in total. The highest BCUT2D eigenvalue weighted by Crippen LogP contribution is 2.24. The SMILES string of the molecule is O=C(NCCC1=CCCCC1)N1CCc2sccc2C1. The van der Waals surface area contributed by atoms with Crippen molar-refractivity contribution in [3.05, 3.63) is 33.5 Å². The van der Waals surface area contributed by atoms with Crippen LogP contribution < -0.4 is 5.32 Å². The van der Waals surface area contributed by atoms with Crippen LogP contribution in [0.25, 0.3) is 0 Å². The maximum atomic E-state index is 12.2. The number of nitrogens with one attached hydrogen (secondary N) is 1. The molecule has 0 fully saturated rings. The molecular weight excluding hydrogens is 268 g/mol. The summed E-state index contributed by atoms with van der Waals surface area (Å²) in [6, 6.07) is 2.24. The first-order chi connectivity index (χ1) is 9.83. The summed E-state index contributed by atoms with van der Waals surface area (Å²) in [7, 11) is 0. The number of carbonyl (C=O) groups excluding carboxylic acids is 1. The van der Waals surface area contributed by atoms with Crippen molar-refractivity contribution < 1.29 is 4.79 Å². The minimum absolute atomic E-state index is 0.0956. The molecule has 2 heterocycles. The molecule has 0 bridgehead atoms. The number of nitrogens with zero attached hydrogens (tertiary/aromatic N) is 1. The van der Waals surface area contributed by atoms with Gasteiger partial charge < -0.3 is 10.2 Å². The van der Waals surface area contributed by atoms with Gasteiger partial charge in [0.05, 0.1) is 0 Å². The molecule has 0 atom stereocenters. The van der Waals surface area contributed by atoms with Gasteiger partial charge in [0.2, 0.25) is 0 Å². The number of rotatable bonds is 3. The van der Waals surface area contributed by atoms with Gasteiger partial charge in [-0.25, -0.2) is 4.79 Å². The number of thiophene rings is 1. The molecule has 1 N–H and O–H groups in total. The van der Waals surface area contributed by atoms with E-state index in [1.165, 1.54) is 41.7 Å². The number of fused-ring (bicyclic) bond motifs is 1. The zero-order valence-electron chi connectivity index (χ0n) is 11.9. The minimum Gasteiger partial charge on any atom is -0.338 e. The van der Waals surface area contributed by atoms with Crippen LogP contribution >= 0.6 is 11.3 Å². The van der Waals surface area contributed by atoms with Crippen LogP contribution in [0.2, 0.25) is 0 Å². The molecule has 1 aliphatic carbocycles. The van der Waals surface area contributed by atoms with Crippen molar-refractivity contribution in [2.45, 2.75) is 45.1 Å². The van der Waals surface area contributed by atoms with Crippen molar-refractivity contribution in [1.82, 2.24) is 10.2 Å². The summed E-state index contributed by atoms with van der Waals surface area (Å²) in [6.07, 6.45) is 9.46. The van der Waals surface area contributed by atoms with Gasteiger partial charge in [0.1, 0.15) is 0 Å². The molecule has 1 aromatic heterocycles. The quantitative estimate of drug-likeness (QED) is 0.846. The lowest BCUT2D eigenvalue weighted by atomic mass is 9.97. The Kier molecular flexibility index (Phi) is 4.41. The Morgan fingerprint density at radius 3 is 3.15 bits per heavy atom. The van der Waals surface area contributed by atoms with E-state index in [9.17, 15) is 4.79 Å². The van der Waals surface area contributed by atoms with Gasteiger partial charge in [-0.2, -0.15) is 0 Å². The second-order valence-corrected chi connectivity index (χ2v) is 6.63. The molecule has 2 amide bonds. The minimum atomic E-state index is 0.0956. The number of allylic oxidation sites excluding steroid dienone is 1. The van der Waals surface area contributed by atoms with Crippen molar-refractivity contribution in [2.75, 3.05) is 13.1 Å². The third-order valence-electron chi connectivity index (χ3n) is 4.20. The molecule has 1 aliphatic heterocycles. The van der Waals surface area contributed by atoms with Crippen molar-refractivity contribution >= 4 is 17.4 Å². The summed E-state index contributed by atoms with van der Waals surface area (Å²) in [5.41, 5.74) is 2.85. The molecule has 0 aromatic carbocycles. The second-order valence-electron chi connectivity index (χ2n) is 5.63. The molecule has 108 valence electrons. The Balaban J connectivity index is 1.44. The number of carbonyl (C=O) groups is 1. The Hall–Kier alpha value is -1.29. The highest BCUT2D eigenvalue weighted by Gasteiger charge is 2.20. The molecular formula is C16H22N2OS. The highest BCUT2D eigenvalue weighted by atomic mass is 32.1. The maximum Gasteiger partial charge on any atom is 0.317 e. The first-order valence-corrected chi connectivity index (χ1v) is 8.47. The fraction of sp³-hybridized carbons (Fsp3) is 0.562. The average Bonchev–Trinajstić information content (AvgIpc) is 2.95. The third-order valence-corrected chi connectivity index (χ3v) is 5.23. The Morgan fingerprint density at radius 1 is 1.35 bits per heavy atom. The standard InChI is InChI=1S/C16H22N2OS/c19-16(17-9-6-13-4-2-1-3-5-13)18-10-7-15-14(12-18)8-11-20-15/h4,8,11H,1-3,5-7,9-10,12H2,(H,17,19). The van der Waals surface area contributed by atoms with Gasteiger partial charge in [-0.05, 0) is 55.5 Å². The first-order valence-electron chi connectivity index (χ1n) is 7.59. The average molecular weight is 290 g/mol. The molecule has 0 spiro atoms. The largest absolute Gasteiger partial charge is 0.338 e. The molecule has 0 saturated carbocycles. The van der Waals surface area contributed by atoms with Gasteiger partial charge in [0.15, 0.2) is 0 Å². The van der Waals surface area contributed by atoms with Crippen molar-refractivity contribution in [1.29, 1.82) is 0 Å². The van der Waals surface area contributed by atoms with E-state index in [1.807, 2.05) is 16.2 Å². The van der Waals surface area contributed by atoms with E-state index in [1.54, 1.807) is 0 Å². The molecule has 20 heavy (non-hydrogen) atoms. The highest BCUT2D eigenvalue weighted by molar-refractivity contribution is 7.10. The maximum absolute atomic E-state index is 12.2. The van der Waals surface area contributed by atoms with Crippen LogP contribution in [0.1, 0.15) is 42.5 Å². The van der Waals surface area contributed by atoms with Crippen LogP contribution in [0.4, 0.5) is 4.79 Å². The lowest BCUT2D eigenvalue weighted by Gasteiger charge is -2.27. The Bertz CT molecular complexity index is 506. The molecule has 0 unspecified atom stereocenters. The molecule has 3 rings (SSSR count). The lowest BCUT2D eigenvalue weighted by Crippen LogP contribution is -2.42. The van der Waals surface area contributed by atoms with Crippen LogP contribution in [0.3, 0.4) is 0 Å². The van der Waals surface area contributed by atoms with Gasteiger partial charge in [0.25, 0.3) is 0 Å². The molecule has 0 saturated heterocycles. The van der Waals surface area contributed by atoms with Gasteiger partial charge >= 0.3 is 6.03 Å². The zero-order chi connectivity index (χ0) is 13.8. The van der Waals surface area contributed by atoms with Crippen LogP contribution in [0.15, 0.2) is 23.1 Å². The molecule has 4 heteroatoms. The van der Waals surface area contributed by atoms with E-state index < -0.39 is 0 Å². The van der Waals surface area contributed by atoms with E-state index in [4.69, 9.17) is 0 Å². The predicted octanol–water partition coefficient (Wildman–Crippen LogP) is 3.71. The molecule has 1 aromatic rings. The summed E-state index contributed by atoms with van der Waals surface area (Å²) < 4.78 is 0. The van der Waals surface area contributed by atoms with Gasteiger partial charge in [-0.3, -0.25) is 0 Å². The first kappa shape index (κ1) is 13.7. The van der Waals surface area contributed by atoms with E-state index in [0.717, 1.165) is 32.5 Å². The number of amides is 2.